The van der Waals surface area contributed by atoms with Crippen LogP contribution in [0.5, 0.6) is 0 Å². The fourth-order valence-corrected chi connectivity index (χ4v) is 4.41. The summed E-state index contributed by atoms with van der Waals surface area (Å²) in [5.74, 6) is -0.00264. The summed E-state index contributed by atoms with van der Waals surface area (Å²) in [6.07, 6.45) is -0.667. The van der Waals surface area contributed by atoms with Gasteiger partial charge in [-0.1, -0.05) is 6.07 Å². The Morgan fingerprint density at radius 1 is 1.06 bits per heavy atom. The van der Waals surface area contributed by atoms with Gasteiger partial charge >= 0.3 is 6.18 Å². The van der Waals surface area contributed by atoms with E-state index in [1.807, 2.05) is 24.1 Å². The van der Waals surface area contributed by atoms with Crippen LogP contribution in [-0.4, -0.2) is 53.9 Å². The number of aryl methyl sites for hydroxylation is 2. The molecule has 5 nitrogen and oxygen atoms in total. The Hall–Kier alpha value is -3.00. The van der Waals surface area contributed by atoms with Gasteiger partial charge in [0.1, 0.15) is 0 Å². The molecule has 0 amide bonds. The van der Waals surface area contributed by atoms with E-state index in [2.05, 4.69) is 14.9 Å². The number of unbranched alkanes of at least 4 members (excludes halogenated alkanes) is 1. The second kappa shape index (κ2) is 10.1. The number of carbonyl (C=O) groups excluding carboxylic acids is 1. The number of nitrogens with zero attached hydrogens (tertiary/aromatic N) is 4. The van der Waals surface area contributed by atoms with Crippen LogP contribution in [0, 0.1) is 6.92 Å². The van der Waals surface area contributed by atoms with Crippen molar-refractivity contribution in [1.82, 2.24) is 14.9 Å². The Bertz CT molecular complexity index is 1170. The molecule has 34 heavy (non-hydrogen) atoms. The van der Waals surface area contributed by atoms with E-state index in [0.29, 0.717) is 61.2 Å². The molecule has 1 fully saturated rings. The van der Waals surface area contributed by atoms with Crippen molar-refractivity contribution in [2.45, 2.75) is 38.8 Å². The van der Waals surface area contributed by atoms with Crippen molar-refractivity contribution < 1.29 is 18.0 Å². The fraction of sp³-hybridized carbons (Fsp3) is 0.423. The SMILES string of the molecule is Cc1nc2ncccc2cc1C(=O)CCCCc1ccc(N2CCN(C)CC2)c(C(F)(F)F)c1. The molecule has 3 aromatic rings. The maximum absolute atomic E-state index is 13.8. The van der Waals surface area contributed by atoms with Crippen LogP contribution in [0.4, 0.5) is 18.9 Å². The highest BCUT2D eigenvalue weighted by atomic mass is 19.4. The van der Waals surface area contributed by atoms with Gasteiger partial charge in [-0.2, -0.15) is 13.2 Å². The maximum atomic E-state index is 13.8. The largest absolute Gasteiger partial charge is 0.418 e. The normalized spacial score (nSPS) is 15.1. The number of anilines is 1. The smallest absolute Gasteiger partial charge is 0.368 e. The summed E-state index contributed by atoms with van der Waals surface area (Å²) in [5.41, 5.74) is 2.16. The molecule has 4 rings (SSSR count). The first-order chi connectivity index (χ1) is 16.2. The van der Waals surface area contributed by atoms with Crippen molar-refractivity contribution in [3.8, 4) is 0 Å². The van der Waals surface area contributed by atoms with Crippen LogP contribution < -0.4 is 4.90 Å². The van der Waals surface area contributed by atoms with E-state index in [-0.39, 0.29) is 11.5 Å². The average Bonchev–Trinajstić information content (AvgIpc) is 2.81. The van der Waals surface area contributed by atoms with Crippen molar-refractivity contribution in [3.05, 3.63) is 65.0 Å². The molecule has 0 saturated carbocycles. The summed E-state index contributed by atoms with van der Waals surface area (Å²) < 4.78 is 41.4. The first-order valence-electron chi connectivity index (χ1n) is 11.6. The van der Waals surface area contributed by atoms with E-state index < -0.39 is 11.7 Å². The number of benzene rings is 1. The highest BCUT2D eigenvalue weighted by molar-refractivity contribution is 5.99. The van der Waals surface area contributed by atoms with E-state index in [4.69, 9.17) is 0 Å². The molecule has 180 valence electrons. The summed E-state index contributed by atoms with van der Waals surface area (Å²) >= 11 is 0. The zero-order valence-electron chi connectivity index (χ0n) is 19.5. The average molecular weight is 471 g/mol. The van der Waals surface area contributed by atoms with Crippen LogP contribution in [-0.2, 0) is 12.6 Å². The van der Waals surface area contributed by atoms with Crippen molar-refractivity contribution in [1.29, 1.82) is 0 Å². The molecule has 0 unspecified atom stereocenters. The number of likely N-dealkylation sites (N-methyl/N-ethyl adjacent to an activating group) is 1. The summed E-state index contributed by atoms with van der Waals surface area (Å²) in [4.78, 5) is 25.3. The van der Waals surface area contributed by atoms with Gasteiger partial charge in [0.25, 0.3) is 0 Å². The molecule has 2 aromatic heterocycles. The number of hydrogen-bond donors (Lipinski definition) is 0. The minimum atomic E-state index is -4.40. The topological polar surface area (TPSA) is 49.3 Å². The van der Waals surface area contributed by atoms with Crippen LogP contribution in [0.25, 0.3) is 11.0 Å². The summed E-state index contributed by atoms with van der Waals surface area (Å²) in [6.45, 7) is 4.45. The zero-order chi connectivity index (χ0) is 24.3. The van der Waals surface area contributed by atoms with Gasteiger partial charge in [0.2, 0.25) is 0 Å². The Kier molecular flexibility index (Phi) is 7.16. The van der Waals surface area contributed by atoms with Crippen LogP contribution >= 0.6 is 0 Å². The highest BCUT2D eigenvalue weighted by Gasteiger charge is 2.35. The second-order valence-corrected chi connectivity index (χ2v) is 8.94. The molecule has 0 atom stereocenters. The number of alkyl halides is 3. The number of Topliss-reactive ketones (excluding diaryl/α,β-unsaturated/α-hetero) is 1. The minimum Gasteiger partial charge on any atom is -0.368 e. The Morgan fingerprint density at radius 2 is 1.82 bits per heavy atom. The number of halogens is 3. The van der Waals surface area contributed by atoms with Crippen LogP contribution in [0.15, 0.2) is 42.6 Å². The number of hydrogen-bond acceptors (Lipinski definition) is 5. The number of aromatic nitrogens is 2. The zero-order valence-corrected chi connectivity index (χ0v) is 19.5. The maximum Gasteiger partial charge on any atom is 0.418 e. The van der Waals surface area contributed by atoms with Crippen LogP contribution in [0.2, 0.25) is 0 Å². The van der Waals surface area contributed by atoms with E-state index in [0.717, 1.165) is 18.5 Å². The second-order valence-electron chi connectivity index (χ2n) is 8.94. The molecule has 1 aliphatic rings. The molecule has 8 heteroatoms. The van der Waals surface area contributed by atoms with E-state index in [9.17, 15) is 18.0 Å². The van der Waals surface area contributed by atoms with Crippen molar-refractivity contribution in [2.75, 3.05) is 38.1 Å². The summed E-state index contributed by atoms with van der Waals surface area (Å²) in [5, 5.41) is 0.816. The number of carbonyl (C=O) groups is 1. The number of pyridine rings is 2. The molecular formula is C26H29F3N4O. The molecule has 1 aromatic carbocycles. The summed E-state index contributed by atoms with van der Waals surface area (Å²) in [7, 11) is 1.98. The first kappa shape index (κ1) is 24.1. The molecule has 0 spiro atoms. The standard InChI is InChI=1S/C26H29F3N4O/c1-18-21(17-20-7-5-11-30-25(20)31-18)24(34)8-4-3-6-19-9-10-23(22(16-19)26(27,28)29)33-14-12-32(2)13-15-33/h5,7,9-11,16-17H,3-4,6,8,12-15H2,1-2H3. The molecule has 0 radical (unpaired) electrons. The van der Waals surface area contributed by atoms with Crippen molar-refractivity contribution in [3.63, 3.8) is 0 Å². The quantitative estimate of drug-likeness (QED) is 0.346. The molecule has 3 heterocycles. The van der Waals surface area contributed by atoms with E-state index in [1.165, 1.54) is 6.07 Å². The highest BCUT2D eigenvalue weighted by Crippen LogP contribution is 2.38. The lowest BCUT2D eigenvalue weighted by Gasteiger charge is -2.35. The number of piperazine rings is 1. The van der Waals surface area contributed by atoms with Gasteiger partial charge in [0.15, 0.2) is 11.4 Å². The Labute approximate surface area is 197 Å². The first-order valence-corrected chi connectivity index (χ1v) is 11.6. The molecule has 0 bridgehead atoms. The third-order valence-electron chi connectivity index (χ3n) is 6.41. The van der Waals surface area contributed by atoms with Gasteiger partial charge < -0.3 is 9.80 Å². The summed E-state index contributed by atoms with van der Waals surface area (Å²) in [6, 6.07) is 10.2. The Balaban J connectivity index is 1.38. The lowest BCUT2D eigenvalue weighted by Crippen LogP contribution is -2.45. The Morgan fingerprint density at radius 3 is 2.56 bits per heavy atom. The third-order valence-corrected chi connectivity index (χ3v) is 6.41. The molecule has 0 aliphatic carbocycles. The van der Waals surface area contributed by atoms with Gasteiger partial charge in [-0.15, -0.1) is 0 Å². The minimum absolute atomic E-state index is 0.00264. The van der Waals surface area contributed by atoms with Crippen LogP contribution in [0.3, 0.4) is 0 Å². The lowest BCUT2D eigenvalue weighted by molar-refractivity contribution is -0.137. The third kappa shape index (κ3) is 5.55. The molecule has 0 N–H and O–H groups in total. The predicted octanol–water partition coefficient (Wildman–Crippen LogP) is 5.30. The number of rotatable bonds is 7. The van der Waals surface area contributed by atoms with E-state index >= 15 is 0 Å². The number of ketones is 1. The van der Waals surface area contributed by atoms with Crippen molar-refractivity contribution >= 4 is 22.5 Å². The molecule has 1 aliphatic heterocycles. The van der Waals surface area contributed by atoms with Gasteiger partial charge in [0, 0.05) is 55.4 Å². The van der Waals surface area contributed by atoms with Gasteiger partial charge in [0.05, 0.1) is 11.3 Å². The van der Waals surface area contributed by atoms with Crippen LogP contribution in [0.1, 0.15) is 46.4 Å². The molecule has 1 saturated heterocycles. The van der Waals surface area contributed by atoms with E-state index in [1.54, 1.807) is 31.3 Å². The predicted molar refractivity (Wildman–Crippen MR) is 127 cm³/mol. The van der Waals surface area contributed by atoms with Gasteiger partial charge in [-0.05, 0) is 69.1 Å². The van der Waals surface area contributed by atoms with Gasteiger partial charge in [-0.3, -0.25) is 4.79 Å². The van der Waals surface area contributed by atoms with Crippen molar-refractivity contribution in [2.24, 2.45) is 0 Å². The number of fused-ring (bicyclic) bond motifs is 1. The molecular weight excluding hydrogens is 441 g/mol. The lowest BCUT2D eigenvalue weighted by atomic mass is 9.99. The monoisotopic (exact) mass is 470 g/mol. The fourth-order valence-electron chi connectivity index (χ4n) is 4.41. The van der Waals surface area contributed by atoms with Gasteiger partial charge in [-0.25, -0.2) is 9.97 Å².